The molecule has 0 saturated heterocycles. The van der Waals surface area contributed by atoms with E-state index >= 15 is 0 Å². The lowest BCUT2D eigenvalue weighted by Gasteiger charge is -2.22. The molecule has 156 valence electrons. The molecule has 7 heteroatoms. The molecule has 0 spiro atoms. The number of carbonyl (C=O) groups excluding carboxylic acids is 1. The van der Waals surface area contributed by atoms with Gasteiger partial charge in [-0.1, -0.05) is 49.6 Å². The van der Waals surface area contributed by atoms with Crippen LogP contribution >= 0.6 is 0 Å². The average molecular weight is 417 g/mol. The van der Waals surface area contributed by atoms with Gasteiger partial charge in [-0.3, -0.25) is 4.79 Å². The quantitative estimate of drug-likeness (QED) is 0.716. The minimum atomic E-state index is -3.61. The molecule has 3 rings (SSSR count). The minimum absolute atomic E-state index is 0.0729. The molecular weight excluding hydrogens is 388 g/mol. The number of nitrogens with one attached hydrogen (secondary N) is 1. The van der Waals surface area contributed by atoms with Crippen LogP contribution in [0, 0.1) is 0 Å². The first kappa shape index (κ1) is 21.3. The second-order valence-electron chi connectivity index (χ2n) is 7.41. The molecule has 0 atom stereocenters. The van der Waals surface area contributed by atoms with Crippen molar-refractivity contribution in [2.45, 2.75) is 49.6 Å². The Hall–Kier alpha value is -2.38. The van der Waals surface area contributed by atoms with Gasteiger partial charge in [0.1, 0.15) is 5.75 Å². The fourth-order valence-electron chi connectivity index (χ4n) is 3.48. The van der Waals surface area contributed by atoms with E-state index in [1.54, 1.807) is 19.2 Å². The van der Waals surface area contributed by atoms with Crippen LogP contribution in [0.3, 0.4) is 0 Å². The van der Waals surface area contributed by atoms with E-state index in [0.29, 0.717) is 12.3 Å². The fourth-order valence-corrected chi connectivity index (χ4v) is 4.64. The van der Waals surface area contributed by atoms with Crippen LogP contribution < -0.4 is 10.1 Å². The first-order valence-electron chi connectivity index (χ1n) is 9.97. The molecule has 2 aromatic carbocycles. The smallest absolute Gasteiger partial charge is 0.258 e. The zero-order chi connectivity index (χ0) is 20.7. The summed E-state index contributed by atoms with van der Waals surface area (Å²) in [7, 11) is -2.05. The van der Waals surface area contributed by atoms with Crippen LogP contribution in [-0.4, -0.2) is 38.3 Å². The van der Waals surface area contributed by atoms with Crippen LogP contribution in [0.1, 0.15) is 37.7 Å². The van der Waals surface area contributed by atoms with E-state index in [1.165, 1.54) is 22.9 Å². The minimum Gasteiger partial charge on any atom is -0.484 e. The maximum absolute atomic E-state index is 12.8. The Bertz CT molecular complexity index is 892. The molecule has 0 bridgehead atoms. The zero-order valence-corrected chi connectivity index (χ0v) is 17.5. The Kier molecular flexibility index (Phi) is 7.28. The molecule has 1 amide bonds. The summed E-state index contributed by atoms with van der Waals surface area (Å²) in [4.78, 5) is 12.2. The Morgan fingerprint density at radius 2 is 1.69 bits per heavy atom. The molecule has 0 aliphatic heterocycles. The molecule has 1 N–H and O–H groups in total. The van der Waals surface area contributed by atoms with E-state index < -0.39 is 10.0 Å². The van der Waals surface area contributed by atoms with Crippen LogP contribution in [0.5, 0.6) is 5.75 Å². The summed E-state index contributed by atoms with van der Waals surface area (Å²) in [5, 5.41) is 3.00. The highest BCUT2D eigenvalue weighted by Crippen LogP contribution is 2.21. The number of amides is 1. The molecule has 0 heterocycles. The van der Waals surface area contributed by atoms with Gasteiger partial charge >= 0.3 is 0 Å². The Morgan fingerprint density at radius 1 is 1.03 bits per heavy atom. The van der Waals surface area contributed by atoms with Crippen LogP contribution in [0.4, 0.5) is 0 Å². The van der Waals surface area contributed by atoms with Gasteiger partial charge in [-0.15, -0.1) is 0 Å². The van der Waals surface area contributed by atoms with Crippen LogP contribution in [0.2, 0.25) is 0 Å². The summed E-state index contributed by atoms with van der Waals surface area (Å²) in [5.41, 5.74) is 0.919. The van der Waals surface area contributed by atoms with Gasteiger partial charge in [0.05, 0.1) is 4.90 Å². The Labute approximate surface area is 172 Å². The summed E-state index contributed by atoms with van der Waals surface area (Å²) in [6.45, 7) is 0.221. The highest BCUT2D eigenvalue weighted by molar-refractivity contribution is 7.89. The van der Waals surface area contributed by atoms with Gasteiger partial charge in [-0.2, -0.15) is 4.31 Å². The number of ether oxygens (including phenoxy) is 1. The van der Waals surface area contributed by atoms with E-state index in [4.69, 9.17) is 4.74 Å². The fraction of sp³-hybridized carbons (Fsp3) is 0.409. The predicted molar refractivity (Wildman–Crippen MR) is 112 cm³/mol. The average Bonchev–Trinajstić information content (AvgIpc) is 2.74. The largest absolute Gasteiger partial charge is 0.484 e. The number of hydrogen-bond donors (Lipinski definition) is 1. The lowest BCUT2D eigenvalue weighted by Crippen LogP contribution is -2.38. The van der Waals surface area contributed by atoms with E-state index in [9.17, 15) is 13.2 Å². The maximum atomic E-state index is 12.8. The molecular formula is C22H28N2O4S. The van der Waals surface area contributed by atoms with E-state index in [-0.39, 0.29) is 23.5 Å². The molecule has 6 nitrogen and oxygen atoms in total. The normalized spacial score (nSPS) is 15.2. The van der Waals surface area contributed by atoms with Crippen molar-refractivity contribution < 1.29 is 17.9 Å². The van der Waals surface area contributed by atoms with Gasteiger partial charge in [0.15, 0.2) is 6.61 Å². The molecule has 1 aliphatic rings. The van der Waals surface area contributed by atoms with Crippen molar-refractivity contribution in [3.63, 3.8) is 0 Å². The number of carbonyl (C=O) groups is 1. The first-order valence-corrected chi connectivity index (χ1v) is 11.4. The van der Waals surface area contributed by atoms with Crippen molar-refractivity contribution in [2.24, 2.45) is 0 Å². The highest BCUT2D eigenvalue weighted by atomic mass is 32.2. The Balaban J connectivity index is 1.53. The molecule has 0 unspecified atom stereocenters. The van der Waals surface area contributed by atoms with Crippen molar-refractivity contribution in [2.75, 3.05) is 13.7 Å². The predicted octanol–water partition coefficient (Wildman–Crippen LogP) is 3.34. The van der Waals surface area contributed by atoms with Gasteiger partial charge in [0, 0.05) is 19.6 Å². The van der Waals surface area contributed by atoms with Gasteiger partial charge in [0.2, 0.25) is 10.0 Å². The van der Waals surface area contributed by atoms with Gasteiger partial charge in [0.25, 0.3) is 5.91 Å². The van der Waals surface area contributed by atoms with Crippen molar-refractivity contribution in [3.05, 3.63) is 60.2 Å². The van der Waals surface area contributed by atoms with Crippen molar-refractivity contribution >= 4 is 15.9 Å². The highest BCUT2D eigenvalue weighted by Gasteiger charge is 2.21. The van der Waals surface area contributed by atoms with Crippen molar-refractivity contribution in [1.82, 2.24) is 9.62 Å². The molecule has 1 saturated carbocycles. The van der Waals surface area contributed by atoms with Gasteiger partial charge < -0.3 is 10.1 Å². The first-order chi connectivity index (χ1) is 13.9. The molecule has 0 aromatic heterocycles. The molecule has 29 heavy (non-hydrogen) atoms. The maximum Gasteiger partial charge on any atom is 0.258 e. The summed E-state index contributed by atoms with van der Waals surface area (Å²) < 4.78 is 32.3. The van der Waals surface area contributed by atoms with Gasteiger partial charge in [-0.05, 0) is 42.7 Å². The van der Waals surface area contributed by atoms with Crippen LogP contribution in [0.15, 0.2) is 59.5 Å². The lowest BCUT2D eigenvalue weighted by atomic mass is 9.95. The lowest BCUT2D eigenvalue weighted by molar-refractivity contribution is -0.124. The topological polar surface area (TPSA) is 75.7 Å². The number of sulfonamides is 1. The SMILES string of the molecule is CN(Cc1ccccc1)S(=O)(=O)c1ccc(OCC(=O)NC2CCCCC2)cc1. The monoisotopic (exact) mass is 416 g/mol. The van der Waals surface area contributed by atoms with E-state index in [1.807, 2.05) is 30.3 Å². The van der Waals surface area contributed by atoms with Gasteiger partial charge in [-0.25, -0.2) is 8.42 Å². The second-order valence-corrected chi connectivity index (χ2v) is 9.45. The third kappa shape index (κ3) is 6.05. The number of hydrogen-bond acceptors (Lipinski definition) is 4. The summed E-state index contributed by atoms with van der Waals surface area (Å²) >= 11 is 0. The van der Waals surface area contributed by atoms with E-state index in [0.717, 1.165) is 31.2 Å². The molecule has 1 aliphatic carbocycles. The van der Waals surface area contributed by atoms with Crippen molar-refractivity contribution in [1.29, 1.82) is 0 Å². The third-order valence-electron chi connectivity index (χ3n) is 5.12. The number of benzene rings is 2. The summed E-state index contributed by atoms with van der Waals surface area (Å²) in [5.74, 6) is 0.324. The summed E-state index contributed by atoms with van der Waals surface area (Å²) in [6.07, 6.45) is 5.59. The van der Waals surface area contributed by atoms with E-state index in [2.05, 4.69) is 5.32 Å². The zero-order valence-electron chi connectivity index (χ0n) is 16.7. The van der Waals surface area contributed by atoms with Crippen LogP contribution in [0.25, 0.3) is 0 Å². The van der Waals surface area contributed by atoms with Crippen LogP contribution in [-0.2, 0) is 21.4 Å². The molecule has 2 aromatic rings. The molecule has 0 radical (unpaired) electrons. The number of nitrogens with zero attached hydrogens (tertiary/aromatic N) is 1. The Morgan fingerprint density at radius 3 is 2.34 bits per heavy atom. The number of rotatable bonds is 8. The summed E-state index contributed by atoms with van der Waals surface area (Å²) in [6, 6.07) is 15.9. The molecule has 1 fully saturated rings. The van der Waals surface area contributed by atoms with Crippen molar-refractivity contribution in [3.8, 4) is 5.75 Å². The third-order valence-corrected chi connectivity index (χ3v) is 6.94. The standard InChI is InChI=1S/C22H28N2O4S/c1-24(16-18-8-4-2-5-9-18)29(26,27)21-14-12-20(13-15-21)28-17-22(25)23-19-10-6-3-7-11-19/h2,4-5,8-9,12-15,19H,3,6-7,10-11,16-17H2,1H3,(H,23,25). The second kappa shape index (κ2) is 9.89.